The molecule has 5 nitrogen and oxygen atoms in total. The van der Waals surface area contributed by atoms with Crippen LogP contribution in [0.1, 0.15) is 12.8 Å². The van der Waals surface area contributed by atoms with Crippen LogP contribution in [0.2, 0.25) is 0 Å². The Morgan fingerprint density at radius 2 is 1.71 bits per heavy atom. The van der Waals surface area contributed by atoms with Crippen molar-refractivity contribution in [1.29, 1.82) is 0 Å². The molecule has 0 bridgehead atoms. The first-order chi connectivity index (χ1) is 9.96. The summed E-state index contributed by atoms with van der Waals surface area (Å²) >= 11 is 0. The Morgan fingerprint density at radius 3 is 2.29 bits per heavy atom. The summed E-state index contributed by atoms with van der Waals surface area (Å²) in [7, 11) is -2.97. The van der Waals surface area contributed by atoms with E-state index >= 15 is 0 Å². The Hall–Kier alpha value is -1.56. The van der Waals surface area contributed by atoms with E-state index in [-0.39, 0.29) is 11.7 Å². The number of carbonyl (C=O) groups is 1. The van der Waals surface area contributed by atoms with Crippen LogP contribution < -0.4 is 4.90 Å². The number of piperazine rings is 1. The van der Waals surface area contributed by atoms with E-state index in [4.69, 9.17) is 0 Å². The molecule has 1 aliphatic rings. The Bertz CT molecular complexity index is 564. The van der Waals surface area contributed by atoms with E-state index in [9.17, 15) is 13.2 Å². The lowest BCUT2D eigenvalue weighted by Gasteiger charge is -2.36. The molecule has 1 aromatic carbocycles. The van der Waals surface area contributed by atoms with Gasteiger partial charge in [0.25, 0.3) is 0 Å². The second kappa shape index (κ2) is 6.93. The van der Waals surface area contributed by atoms with Crippen LogP contribution in [0.15, 0.2) is 30.3 Å². The van der Waals surface area contributed by atoms with Crippen molar-refractivity contribution in [2.24, 2.45) is 0 Å². The minimum Gasteiger partial charge on any atom is -0.368 e. The topological polar surface area (TPSA) is 57.7 Å². The van der Waals surface area contributed by atoms with Gasteiger partial charge in [-0.05, 0) is 18.6 Å². The smallest absolute Gasteiger partial charge is 0.222 e. The molecular formula is C15H22N2O3S. The summed E-state index contributed by atoms with van der Waals surface area (Å²) in [5, 5.41) is 0. The summed E-state index contributed by atoms with van der Waals surface area (Å²) < 4.78 is 22.1. The van der Waals surface area contributed by atoms with Gasteiger partial charge in [0.15, 0.2) is 0 Å². The first-order valence-corrected chi connectivity index (χ1v) is 9.27. The van der Waals surface area contributed by atoms with Crippen molar-refractivity contribution in [3.05, 3.63) is 30.3 Å². The number of hydrogen-bond donors (Lipinski definition) is 0. The van der Waals surface area contributed by atoms with Gasteiger partial charge in [0, 0.05) is 44.5 Å². The molecule has 0 N–H and O–H groups in total. The van der Waals surface area contributed by atoms with Crippen molar-refractivity contribution in [2.45, 2.75) is 12.8 Å². The van der Waals surface area contributed by atoms with Crippen molar-refractivity contribution in [3.8, 4) is 0 Å². The van der Waals surface area contributed by atoms with Gasteiger partial charge in [0.1, 0.15) is 9.84 Å². The third kappa shape index (κ3) is 5.04. The summed E-state index contributed by atoms with van der Waals surface area (Å²) in [6.07, 6.45) is 1.94. The molecule has 0 radical (unpaired) electrons. The first kappa shape index (κ1) is 15.8. The first-order valence-electron chi connectivity index (χ1n) is 7.21. The lowest BCUT2D eigenvalue weighted by molar-refractivity contribution is -0.131. The maximum Gasteiger partial charge on any atom is 0.222 e. The van der Waals surface area contributed by atoms with Crippen molar-refractivity contribution < 1.29 is 13.2 Å². The summed E-state index contributed by atoms with van der Waals surface area (Å²) in [6.45, 7) is 3.04. The summed E-state index contributed by atoms with van der Waals surface area (Å²) in [4.78, 5) is 16.1. The Kier molecular flexibility index (Phi) is 5.22. The van der Waals surface area contributed by atoms with E-state index in [1.54, 1.807) is 0 Å². The fourth-order valence-electron chi connectivity index (χ4n) is 2.50. The average Bonchev–Trinajstić information content (AvgIpc) is 2.47. The molecule has 0 unspecified atom stereocenters. The molecule has 1 saturated heterocycles. The molecule has 1 aromatic rings. The molecule has 1 heterocycles. The standard InChI is InChI=1S/C15H22N2O3S/c1-21(19,20)13-5-8-15(18)17-11-9-16(10-12-17)14-6-3-2-4-7-14/h2-4,6-7H,5,8-13H2,1H3. The van der Waals surface area contributed by atoms with Crippen molar-refractivity contribution in [1.82, 2.24) is 4.90 Å². The molecule has 2 rings (SSSR count). The van der Waals surface area contributed by atoms with Gasteiger partial charge < -0.3 is 9.80 Å². The molecule has 0 aromatic heterocycles. The van der Waals surface area contributed by atoms with Crippen LogP contribution in [0.3, 0.4) is 0 Å². The maximum atomic E-state index is 12.0. The Balaban J connectivity index is 1.77. The SMILES string of the molecule is CS(=O)(=O)CCCC(=O)N1CCN(c2ccccc2)CC1. The van der Waals surface area contributed by atoms with Gasteiger partial charge in [-0.1, -0.05) is 18.2 Å². The van der Waals surface area contributed by atoms with Crippen LogP contribution in [-0.4, -0.2) is 57.4 Å². The number of para-hydroxylation sites is 1. The van der Waals surface area contributed by atoms with E-state index in [0.717, 1.165) is 13.1 Å². The van der Waals surface area contributed by atoms with Gasteiger partial charge >= 0.3 is 0 Å². The van der Waals surface area contributed by atoms with E-state index in [1.165, 1.54) is 11.9 Å². The molecular weight excluding hydrogens is 288 g/mol. The predicted molar refractivity (Wildman–Crippen MR) is 84.2 cm³/mol. The van der Waals surface area contributed by atoms with Gasteiger partial charge in [-0.15, -0.1) is 0 Å². The number of hydrogen-bond acceptors (Lipinski definition) is 4. The van der Waals surface area contributed by atoms with Gasteiger partial charge in [-0.3, -0.25) is 4.79 Å². The number of carbonyl (C=O) groups excluding carboxylic acids is 1. The minimum absolute atomic E-state index is 0.0614. The zero-order valence-electron chi connectivity index (χ0n) is 12.4. The number of amides is 1. The minimum atomic E-state index is -2.97. The van der Waals surface area contributed by atoms with Crippen molar-refractivity contribution >= 4 is 21.4 Å². The number of rotatable bonds is 5. The average molecular weight is 310 g/mol. The molecule has 0 atom stereocenters. The normalized spacial score (nSPS) is 16.0. The summed E-state index contributed by atoms with van der Waals surface area (Å²) in [5.74, 6) is 0.147. The van der Waals surface area contributed by atoms with Gasteiger partial charge in [0.05, 0.1) is 5.75 Å². The number of sulfone groups is 1. The highest BCUT2D eigenvalue weighted by atomic mass is 32.2. The van der Waals surface area contributed by atoms with Crippen LogP contribution in [0.5, 0.6) is 0 Å². The highest BCUT2D eigenvalue weighted by Gasteiger charge is 2.21. The third-order valence-corrected chi connectivity index (χ3v) is 4.69. The molecule has 0 saturated carbocycles. The van der Waals surface area contributed by atoms with Crippen LogP contribution in [-0.2, 0) is 14.6 Å². The van der Waals surface area contributed by atoms with Gasteiger partial charge in [-0.2, -0.15) is 0 Å². The lowest BCUT2D eigenvalue weighted by Crippen LogP contribution is -2.48. The largest absolute Gasteiger partial charge is 0.368 e. The number of anilines is 1. The molecule has 116 valence electrons. The Labute approximate surface area is 126 Å². The fraction of sp³-hybridized carbons (Fsp3) is 0.533. The second-order valence-electron chi connectivity index (χ2n) is 5.44. The molecule has 0 spiro atoms. The van der Waals surface area contributed by atoms with E-state index in [2.05, 4.69) is 17.0 Å². The Morgan fingerprint density at radius 1 is 1.10 bits per heavy atom. The predicted octanol–water partition coefficient (Wildman–Crippen LogP) is 1.16. The molecule has 1 aliphatic heterocycles. The summed E-state index contributed by atoms with van der Waals surface area (Å²) in [5.41, 5.74) is 1.18. The van der Waals surface area contributed by atoms with Crippen LogP contribution in [0.4, 0.5) is 5.69 Å². The number of nitrogens with zero attached hydrogens (tertiary/aromatic N) is 2. The molecule has 6 heteroatoms. The van der Waals surface area contributed by atoms with E-state index in [0.29, 0.717) is 25.9 Å². The van der Waals surface area contributed by atoms with Crippen LogP contribution in [0.25, 0.3) is 0 Å². The maximum absolute atomic E-state index is 12.0. The monoisotopic (exact) mass is 310 g/mol. The molecule has 1 fully saturated rings. The van der Waals surface area contributed by atoms with Crippen LogP contribution in [0, 0.1) is 0 Å². The second-order valence-corrected chi connectivity index (χ2v) is 7.70. The van der Waals surface area contributed by atoms with E-state index in [1.807, 2.05) is 23.1 Å². The fourth-order valence-corrected chi connectivity index (χ4v) is 3.17. The summed E-state index contributed by atoms with van der Waals surface area (Å²) in [6, 6.07) is 10.2. The molecule has 21 heavy (non-hydrogen) atoms. The molecule has 0 aliphatic carbocycles. The van der Waals surface area contributed by atoms with Gasteiger partial charge in [0.2, 0.25) is 5.91 Å². The van der Waals surface area contributed by atoms with Crippen LogP contribution >= 0.6 is 0 Å². The number of benzene rings is 1. The highest BCUT2D eigenvalue weighted by Crippen LogP contribution is 2.16. The quantitative estimate of drug-likeness (QED) is 0.819. The van der Waals surface area contributed by atoms with Crippen molar-refractivity contribution in [2.75, 3.05) is 43.1 Å². The highest BCUT2D eigenvalue weighted by molar-refractivity contribution is 7.90. The van der Waals surface area contributed by atoms with E-state index < -0.39 is 9.84 Å². The lowest BCUT2D eigenvalue weighted by atomic mass is 10.2. The zero-order valence-corrected chi connectivity index (χ0v) is 13.2. The van der Waals surface area contributed by atoms with Gasteiger partial charge in [-0.25, -0.2) is 8.42 Å². The third-order valence-electron chi connectivity index (χ3n) is 3.66. The molecule has 1 amide bonds. The van der Waals surface area contributed by atoms with Crippen molar-refractivity contribution in [3.63, 3.8) is 0 Å². The zero-order chi connectivity index (χ0) is 15.3.